The van der Waals surface area contributed by atoms with Gasteiger partial charge in [-0.25, -0.2) is 13.6 Å². The molecule has 0 heterocycles. The predicted octanol–water partition coefficient (Wildman–Crippen LogP) is 3.04. The van der Waals surface area contributed by atoms with E-state index in [0.29, 0.717) is 0 Å². The zero-order valence-corrected chi connectivity index (χ0v) is 12.6. The van der Waals surface area contributed by atoms with Gasteiger partial charge in [-0.3, -0.25) is 4.79 Å². The van der Waals surface area contributed by atoms with Crippen LogP contribution in [0.25, 0.3) is 0 Å². The Bertz CT molecular complexity index is 491. The number of alkyl halides is 2. The van der Waals surface area contributed by atoms with Crippen molar-refractivity contribution in [2.45, 2.75) is 45.1 Å². The second-order valence-electron chi connectivity index (χ2n) is 5.55. The summed E-state index contributed by atoms with van der Waals surface area (Å²) < 4.78 is 24.7. The maximum atomic E-state index is 12.3. The van der Waals surface area contributed by atoms with E-state index in [1.165, 1.54) is 0 Å². The predicted molar refractivity (Wildman–Crippen MR) is 78.8 cm³/mol. The van der Waals surface area contributed by atoms with Crippen molar-refractivity contribution in [2.75, 3.05) is 0 Å². The van der Waals surface area contributed by atoms with Gasteiger partial charge in [0.25, 0.3) is 0 Å². The second-order valence-corrected chi connectivity index (χ2v) is 5.55. The summed E-state index contributed by atoms with van der Waals surface area (Å²) in [6, 6.07) is 7.82. The fourth-order valence-corrected chi connectivity index (χ4v) is 2.29. The Morgan fingerprint density at radius 1 is 1.18 bits per heavy atom. The van der Waals surface area contributed by atoms with Crippen LogP contribution in [0, 0.1) is 5.92 Å². The average Bonchev–Trinajstić information content (AvgIpc) is 2.44. The fourth-order valence-electron chi connectivity index (χ4n) is 2.29. The monoisotopic (exact) mass is 313 g/mol. The van der Waals surface area contributed by atoms with Crippen LogP contribution >= 0.6 is 0 Å². The normalized spacial score (nSPS) is 13.9. The molecule has 2 atom stereocenters. The van der Waals surface area contributed by atoms with Crippen LogP contribution in [0.1, 0.15) is 38.2 Å². The van der Waals surface area contributed by atoms with E-state index < -0.39 is 30.8 Å². The molecule has 1 aromatic carbocycles. The topological polar surface area (TPSA) is 66.4 Å². The molecule has 0 aliphatic carbocycles. The number of rotatable bonds is 8. The van der Waals surface area contributed by atoms with Gasteiger partial charge in [0.15, 0.2) is 0 Å². The van der Waals surface area contributed by atoms with Crippen molar-refractivity contribution in [3.8, 4) is 0 Å². The van der Waals surface area contributed by atoms with Gasteiger partial charge in [-0.05, 0) is 17.4 Å². The highest BCUT2D eigenvalue weighted by Gasteiger charge is 2.26. The van der Waals surface area contributed by atoms with Crippen LogP contribution in [0.4, 0.5) is 8.78 Å². The van der Waals surface area contributed by atoms with Crippen LogP contribution in [0.3, 0.4) is 0 Å². The van der Waals surface area contributed by atoms with Gasteiger partial charge < -0.3 is 10.4 Å². The van der Waals surface area contributed by atoms with Gasteiger partial charge in [0.05, 0.1) is 0 Å². The smallest absolute Gasteiger partial charge is 0.326 e. The molecule has 0 saturated heterocycles. The van der Waals surface area contributed by atoms with Crippen LogP contribution in [-0.4, -0.2) is 29.5 Å². The number of benzene rings is 1. The first-order chi connectivity index (χ1) is 10.3. The molecule has 0 radical (unpaired) electrons. The van der Waals surface area contributed by atoms with Gasteiger partial charge in [-0.1, -0.05) is 44.2 Å². The van der Waals surface area contributed by atoms with Crippen molar-refractivity contribution in [3.63, 3.8) is 0 Å². The average molecular weight is 313 g/mol. The lowest BCUT2D eigenvalue weighted by molar-refractivity contribution is -0.143. The van der Waals surface area contributed by atoms with E-state index in [9.17, 15) is 18.4 Å². The molecule has 0 spiro atoms. The molecular weight excluding hydrogens is 292 g/mol. The SMILES string of the molecule is CC(C)C(CC(=O)NC(CC(F)F)C(=O)O)c1ccccc1. The molecule has 1 aromatic rings. The van der Waals surface area contributed by atoms with Crippen molar-refractivity contribution >= 4 is 11.9 Å². The lowest BCUT2D eigenvalue weighted by atomic mass is 9.85. The van der Waals surface area contributed by atoms with E-state index >= 15 is 0 Å². The Kier molecular flexibility index (Phi) is 6.95. The minimum atomic E-state index is -2.78. The van der Waals surface area contributed by atoms with Crippen LogP contribution < -0.4 is 5.32 Å². The molecule has 4 nitrogen and oxygen atoms in total. The van der Waals surface area contributed by atoms with Crippen molar-refractivity contribution in [1.29, 1.82) is 0 Å². The van der Waals surface area contributed by atoms with Crippen LogP contribution in [0.15, 0.2) is 30.3 Å². The van der Waals surface area contributed by atoms with Crippen LogP contribution in [0.5, 0.6) is 0 Å². The minimum absolute atomic E-state index is 0.0642. The summed E-state index contributed by atoms with van der Waals surface area (Å²) in [5.41, 5.74) is 0.966. The molecule has 0 saturated carbocycles. The number of carboxylic acids is 1. The number of carbonyl (C=O) groups is 2. The third-order valence-corrected chi connectivity index (χ3v) is 3.48. The Morgan fingerprint density at radius 3 is 2.23 bits per heavy atom. The van der Waals surface area contributed by atoms with Crippen LogP contribution in [-0.2, 0) is 9.59 Å². The van der Waals surface area contributed by atoms with Crippen molar-refractivity contribution in [2.24, 2.45) is 5.92 Å². The molecule has 2 N–H and O–H groups in total. The van der Waals surface area contributed by atoms with E-state index in [-0.39, 0.29) is 18.3 Å². The molecule has 0 aliphatic heterocycles. The van der Waals surface area contributed by atoms with Gasteiger partial charge in [0.1, 0.15) is 6.04 Å². The number of halogens is 2. The highest BCUT2D eigenvalue weighted by Crippen LogP contribution is 2.27. The number of aliphatic carboxylic acids is 1. The van der Waals surface area contributed by atoms with Gasteiger partial charge in [-0.2, -0.15) is 0 Å². The first-order valence-electron chi connectivity index (χ1n) is 7.16. The summed E-state index contributed by atoms with van der Waals surface area (Å²) in [4.78, 5) is 22.9. The summed E-state index contributed by atoms with van der Waals surface area (Å²) in [7, 11) is 0. The zero-order valence-electron chi connectivity index (χ0n) is 12.6. The largest absolute Gasteiger partial charge is 0.480 e. The number of amides is 1. The molecule has 1 amide bonds. The molecule has 1 rings (SSSR count). The molecule has 0 fully saturated rings. The first kappa shape index (κ1) is 18.1. The molecular formula is C16H21F2NO3. The van der Waals surface area contributed by atoms with Gasteiger partial charge in [0.2, 0.25) is 12.3 Å². The standard InChI is InChI=1S/C16H21F2NO3/c1-10(2)12(11-6-4-3-5-7-11)8-15(20)19-13(16(21)22)9-14(17)18/h3-7,10,12-14H,8-9H2,1-2H3,(H,19,20)(H,21,22). The van der Waals surface area contributed by atoms with Crippen molar-refractivity contribution < 1.29 is 23.5 Å². The summed E-state index contributed by atoms with van der Waals surface area (Å²) in [6.07, 6.45) is -3.61. The summed E-state index contributed by atoms with van der Waals surface area (Å²) in [6.45, 7) is 3.91. The molecule has 2 unspecified atom stereocenters. The van der Waals surface area contributed by atoms with Gasteiger partial charge in [0, 0.05) is 12.8 Å². The Labute approximate surface area is 128 Å². The number of nitrogens with one attached hydrogen (secondary N) is 1. The Balaban J connectivity index is 2.73. The third-order valence-electron chi connectivity index (χ3n) is 3.48. The lowest BCUT2D eigenvalue weighted by Crippen LogP contribution is -2.42. The molecule has 122 valence electrons. The fraction of sp³-hybridized carbons (Fsp3) is 0.500. The number of hydrogen-bond donors (Lipinski definition) is 2. The van der Waals surface area contributed by atoms with Gasteiger partial charge in [-0.15, -0.1) is 0 Å². The van der Waals surface area contributed by atoms with Gasteiger partial charge >= 0.3 is 5.97 Å². The lowest BCUT2D eigenvalue weighted by Gasteiger charge is -2.22. The van der Waals surface area contributed by atoms with E-state index in [0.717, 1.165) is 5.56 Å². The van der Waals surface area contributed by atoms with Crippen molar-refractivity contribution in [3.05, 3.63) is 35.9 Å². The minimum Gasteiger partial charge on any atom is -0.480 e. The molecule has 6 heteroatoms. The molecule has 22 heavy (non-hydrogen) atoms. The van der Waals surface area contributed by atoms with E-state index in [2.05, 4.69) is 5.32 Å². The van der Waals surface area contributed by atoms with Crippen molar-refractivity contribution in [1.82, 2.24) is 5.32 Å². The van der Waals surface area contributed by atoms with E-state index in [1.807, 2.05) is 44.2 Å². The summed E-state index contributed by atoms with van der Waals surface area (Å²) >= 11 is 0. The Morgan fingerprint density at radius 2 is 1.77 bits per heavy atom. The maximum absolute atomic E-state index is 12.3. The number of carboxylic acid groups (broad SMARTS) is 1. The highest BCUT2D eigenvalue weighted by molar-refractivity contribution is 5.84. The second kappa shape index (κ2) is 8.46. The maximum Gasteiger partial charge on any atom is 0.326 e. The van der Waals surface area contributed by atoms with Crippen LogP contribution in [0.2, 0.25) is 0 Å². The summed E-state index contributed by atoms with van der Waals surface area (Å²) in [5.74, 6) is -1.92. The number of carbonyl (C=O) groups excluding carboxylic acids is 1. The quantitative estimate of drug-likeness (QED) is 0.775. The Hall–Kier alpha value is -1.98. The number of hydrogen-bond acceptors (Lipinski definition) is 2. The first-order valence-corrected chi connectivity index (χ1v) is 7.16. The molecule has 0 aromatic heterocycles. The summed E-state index contributed by atoms with van der Waals surface area (Å²) in [5, 5.41) is 11.1. The van der Waals surface area contributed by atoms with E-state index in [4.69, 9.17) is 5.11 Å². The molecule has 0 aliphatic rings. The zero-order chi connectivity index (χ0) is 16.7. The molecule has 0 bridgehead atoms. The van der Waals surface area contributed by atoms with E-state index in [1.54, 1.807) is 0 Å². The third kappa shape index (κ3) is 5.79. The highest BCUT2D eigenvalue weighted by atomic mass is 19.3.